The summed E-state index contributed by atoms with van der Waals surface area (Å²) in [5.74, 6) is -1.06. The van der Waals surface area contributed by atoms with Crippen LogP contribution in [0.2, 0.25) is 0 Å². The molecule has 0 bridgehead atoms. The average molecular weight is 291 g/mol. The first kappa shape index (κ1) is 15.5. The number of benzene rings is 1. The Morgan fingerprint density at radius 3 is 2.52 bits per heavy atom. The van der Waals surface area contributed by atoms with Gasteiger partial charge >= 0.3 is 5.97 Å². The average Bonchev–Trinajstić information content (AvgIpc) is 2.41. The van der Waals surface area contributed by atoms with Gasteiger partial charge in [-0.1, -0.05) is 18.2 Å². The molecule has 0 radical (unpaired) electrons. The molecule has 21 heavy (non-hydrogen) atoms. The van der Waals surface area contributed by atoms with E-state index in [-0.39, 0.29) is 30.5 Å². The number of hydrogen-bond acceptors (Lipinski definition) is 3. The maximum atomic E-state index is 12.5. The number of carboxylic acid groups (broad SMARTS) is 1. The van der Waals surface area contributed by atoms with E-state index < -0.39 is 5.97 Å². The Morgan fingerprint density at radius 1 is 1.24 bits per heavy atom. The van der Waals surface area contributed by atoms with Crippen molar-refractivity contribution < 1.29 is 19.8 Å². The van der Waals surface area contributed by atoms with Crippen LogP contribution in [0.5, 0.6) is 0 Å². The Kier molecular flexibility index (Phi) is 5.33. The van der Waals surface area contributed by atoms with Gasteiger partial charge in [0.15, 0.2) is 0 Å². The predicted molar refractivity (Wildman–Crippen MR) is 78.2 cm³/mol. The maximum absolute atomic E-state index is 12.5. The van der Waals surface area contributed by atoms with E-state index >= 15 is 0 Å². The van der Waals surface area contributed by atoms with Crippen LogP contribution in [0, 0.1) is 0 Å². The van der Waals surface area contributed by atoms with Crippen LogP contribution in [-0.2, 0) is 11.2 Å². The molecule has 5 heteroatoms. The number of carboxylic acids is 1. The molecule has 5 nitrogen and oxygen atoms in total. The molecule has 0 spiro atoms. The summed E-state index contributed by atoms with van der Waals surface area (Å²) >= 11 is 0. The summed E-state index contributed by atoms with van der Waals surface area (Å²) in [4.78, 5) is 25.5. The Hall–Kier alpha value is -1.88. The fourth-order valence-corrected chi connectivity index (χ4v) is 2.60. The van der Waals surface area contributed by atoms with Gasteiger partial charge in [-0.05, 0) is 37.3 Å². The summed E-state index contributed by atoms with van der Waals surface area (Å²) in [6.07, 6.45) is 3.78. The number of aliphatic hydroxyl groups excluding tert-OH is 1. The summed E-state index contributed by atoms with van der Waals surface area (Å²) in [5, 5.41) is 18.1. The minimum atomic E-state index is -1.01. The molecule has 1 fully saturated rings. The first-order chi connectivity index (χ1) is 10.1. The molecule has 2 rings (SSSR count). The van der Waals surface area contributed by atoms with Crippen molar-refractivity contribution in [2.24, 2.45) is 0 Å². The van der Waals surface area contributed by atoms with Crippen molar-refractivity contribution in [3.63, 3.8) is 0 Å². The van der Waals surface area contributed by atoms with E-state index in [4.69, 9.17) is 10.2 Å². The van der Waals surface area contributed by atoms with Gasteiger partial charge in [0.2, 0.25) is 5.91 Å². The van der Waals surface area contributed by atoms with Crippen molar-refractivity contribution in [3.8, 4) is 0 Å². The van der Waals surface area contributed by atoms with E-state index in [1.54, 1.807) is 23.1 Å². The van der Waals surface area contributed by atoms with Crippen LogP contribution in [0.25, 0.3) is 0 Å². The number of carbonyl (C=O) groups excluding carboxylic acids is 1. The standard InChI is InChI=1S/C16H21NO4/c18-10-4-9-17(13-6-3-7-13)15(19)11-12-5-1-2-8-14(12)16(20)21/h1-2,5,8,13,18H,3-4,6-7,9-11H2,(H,20,21). The molecular weight excluding hydrogens is 270 g/mol. The van der Waals surface area contributed by atoms with Crippen LogP contribution < -0.4 is 0 Å². The van der Waals surface area contributed by atoms with Gasteiger partial charge in [-0.15, -0.1) is 0 Å². The van der Waals surface area contributed by atoms with E-state index in [1.165, 1.54) is 6.07 Å². The Morgan fingerprint density at radius 2 is 1.95 bits per heavy atom. The second-order valence-corrected chi connectivity index (χ2v) is 5.39. The van der Waals surface area contributed by atoms with Gasteiger partial charge in [-0.2, -0.15) is 0 Å². The molecule has 2 N–H and O–H groups in total. The third kappa shape index (κ3) is 3.82. The van der Waals surface area contributed by atoms with E-state index in [1.807, 2.05) is 0 Å². The number of nitrogens with zero attached hydrogens (tertiary/aromatic N) is 1. The monoisotopic (exact) mass is 291 g/mol. The molecule has 0 aliphatic heterocycles. The number of rotatable bonds is 7. The first-order valence-electron chi connectivity index (χ1n) is 7.35. The van der Waals surface area contributed by atoms with Gasteiger partial charge < -0.3 is 15.1 Å². The lowest BCUT2D eigenvalue weighted by molar-refractivity contribution is -0.134. The number of aromatic carboxylic acids is 1. The van der Waals surface area contributed by atoms with Gasteiger partial charge in [0.25, 0.3) is 0 Å². The quantitative estimate of drug-likeness (QED) is 0.801. The smallest absolute Gasteiger partial charge is 0.335 e. The highest BCUT2D eigenvalue weighted by molar-refractivity contribution is 5.91. The number of carbonyl (C=O) groups is 2. The van der Waals surface area contributed by atoms with E-state index in [0.717, 1.165) is 19.3 Å². The Bertz CT molecular complexity index is 511. The number of aliphatic hydroxyl groups is 1. The zero-order valence-electron chi connectivity index (χ0n) is 12.0. The highest BCUT2D eigenvalue weighted by Gasteiger charge is 2.28. The molecule has 1 aromatic carbocycles. The zero-order valence-corrected chi connectivity index (χ0v) is 12.0. The lowest BCUT2D eigenvalue weighted by atomic mass is 9.90. The normalized spacial score (nSPS) is 14.5. The van der Waals surface area contributed by atoms with Crippen molar-refractivity contribution in [2.45, 2.75) is 38.1 Å². The van der Waals surface area contributed by atoms with Crippen LogP contribution in [0.15, 0.2) is 24.3 Å². The fourth-order valence-electron chi connectivity index (χ4n) is 2.60. The van der Waals surface area contributed by atoms with E-state index in [0.29, 0.717) is 18.5 Å². The molecule has 1 aliphatic carbocycles. The molecule has 1 amide bonds. The molecule has 0 atom stereocenters. The van der Waals surface area contributed by atoms with Crippen molar-refractivity contribution >= 4 is 11.9 Å². The summed E-state index contributed by atoms with van der Waals surface area (Å²) in [5.41, 5.74) is 0.727. The molecule has 0 heterocycles. The molecule has 0 saturated heterocycles. The van der Waals surface area contributed by atoms with Gasteiger partial charge in [-0.25, -0.2) is 4.79 Å². The van der Waals surface area contributed by atoms with Gasteiger partial charge in [0, 0.05) is 19.2 Å². The lowest BCUT2D eigenvalue weighted by Gasteiger charge is -2.37. The predicted octanol–water partition coefficient (Wildman–Crippen LogP) is 1.69. The van der Waals surface area contributed by atoms with Crippen molar-refractivity contribution in [1.29, 1.82) is 0 Å². The second kappa shape index (κ2) is 7.22. The Labute approximate surface area is 124 Å². The summed E-state index contributed by atoms with van der Waals surface area (Å²) in [7, 11) is 0. The topological polar surface area (TPSA) is 77.8 Å². The van der Waals surface area contributed by atoms with Crippen molar-refractivity contribution in [2.75, 3.05) is 13.2 Å². The molecule has 1 saturated carbocycles. The minimum Gasteiger partial charge on any atom is -0.478 e. The zero-order chi connectivity index (χ0) is 15.2. The second-order valence-electron chi connectivity index (χ2n) is 5.39. The summed E-state index contributed by atoms with van der Waals surface area (Å²) in [6, 6.07) is 6.86. The molecule has 1 aromatic rings. The third-order valence-electron chi connectivity index (χ3n) is 3.98. The SMILES string of the molecule is O=C(O)c1ccccc1CC(=O)N(CCCO)C1CCC1. The lowest BCUT2D eigenvalue weighted by Crippen LogP contribution is -2.45. The minimum absolute atomic E-state index is 0.0538. The van der Waals surface area contributed by atoms with Crippen LogP contribution in [0.1, 0.15) is 41.6 Å². The van der Waals surface area contributed by atoms with Gasteiger partial charge in [-0.3, -0.25) is 4.79 Å². The third-order valence-corrected chi connectivity index (χ3v) is 3.98. The molecule has 0 unspecified atom stereocenters. The van der Waals surface area contributed by atoms with Gasteiger partial charge in [0.05, 0.1) is 12.0 Å². The largest absolute Gasteiger partial charge is 0.478 e. The van der Waals surface area contributed by atoms with Crippen LogP contribution in [-0.4, -0.2) is 46.2 Å². The van der Waals surface area contributed by atoms with Crippen LogP contribution in [0.3, 0.4) is 0 Å². The van der Waals surface area contributed by atoms with Crippen LogP contribution >= 0.6 is 0 Å². The van der Waals surface area contributed by atoms with Crippen LogP contribution in [0.4, 0.5) is 0 Å². The Balaban J connectivity index is 2.09. The fraction of sp³-hybridized carbons (Fsp3) is 0.500. The molecule has 0 aromatic heterocycles. The highest BCUT2D eigenvalue weighted by Crippen LogP contribution is 2.26. The molecule has 1 aliphatic rings. The molecule has 114 valence electrons. The number of hydrogen-bond donors (Lipinski definition) is 2. The molecular formula is C16H21NO4. The summed E-state index contributed by atoms with van der Waals surface area (Å²) in [6.45, 7) is 0.595. The van der Waals surface area contributed by atoms with Crippen molar-refractivity contribution in [3.05, 3.63) is 35.4 Å². The van der Waals surface area contributed by atoms with E-state index in [2.05, 4.69) is 0 Å². The van der Waals surface area contributed by atoms with Crippen molar-refractivity contribution in [1.82, 2.24) is 4.90 Å². The summed E-state index contributed by atoms with van der Waals surface area (Å²) < 4.78 is 0. The number of amides is 1. The maximum Gasteiger partial charge on any atom is 0.335 e. The van der Waals surface area contributed by atoms with E-state index in [9.17, 15) is 9.59 Å². The van der Waals surface area contributed by atoms with Gasteiger partial charge in [0.1, 0.15) is 0 Å². The first-order valence-corrected chi connectivity index (χ1v) is 7.35. The highest BCUT2D eigenvalue weighted by atomic mass is 16.4.